The Morgan fingerprint density at radius 1 is 1.56 bits per heavy atom. The van der Waals surface area contributed by atoms with Gasteiger partial charge in [-0.2, -0.15) is 0 Å². The molecule has 1 aliphatic carbocycles. The minimum absolute atomic E-state index is 0.0431. The summed E-state index contributed by atoms with van der Waals surface area (Å²) in [6, 6.07) is 0.221. The molecule has 0 spiro atoms. The van der Waals surface area contributed by atoms with E-state index in [1.54, 1.807) is 0 Å². The van der Waals surface area contributed by atoms with Gasteiger partial charge in [-0.1, -0.05) is 13.3 Å². The third-order valence-electron chi connectivity index (χ3n) is 4.29. The molecule has 92 valence electrons. The predicted molar refractivity (Wildman–Crippen MR) is 64.9 cm³/mol. The number of carbonyl (C=O) groups excluding carboxylic acids is 1. The van der Waals surface area contributed by atoms with Crippen LogP contribution >= 0.6 is 0 Å². The molecule has 1 heterocycles. The topological polar surface area (TPSA) is 46.3 Å². The first kappa shape index (κ1) is 11.9. The van der Waals surface area contributed by atoms with E-state index in [0.29, 0.717) is 11.8 Å². The fourth-order valence-electron chi connectivity index (χ4n) is 2.94. The molecule has 16 heavy (non-hydrogen) atoms. The van der Waals surface area contributed by atoms with Crippen LogP contribution in [-0.4, -0.2) is 29.9 Å². The standard InChI is InChI=1S/C13H24N2O/c1-3-5-13(6-7-13)12(16)15-8-4-11(9-15)10(2)14/h10-11H,3-9,14H2,1-2H3. The quantitative estimate of drug-likeness (QED) is 0.791. The number of amides is 1. The van der Waals surface area contributed by atoms with Gasteiger partial charge in [-0.15, -0.1) is 0 Å². The smallest absolute Gasteiger partial charge is 0.228 e. The minimum Gasteiger partial charge on any atom is -0.342 e. The number of nitrogens with two attached hydrogens (primary N) is 1. The number of nitrogens with zero attached hydrogens (tertiary/aromatic N) is 1. The Balaban J connectivity index is 1.92. The molecular weight excluding hydrogens is 200 g/mol. The molecule has 3 heteroatoms. The Labute approximate surface area is 98.4 Å². The van der Waals surface area contributed by atoms with Crippen LogP contribution in [-0.2, 0) is 4.79 Å². The summed E-state index contributed by atoms with van der Waals surface area (Å²) in [5.74, 6) is 0.930. The molecule has 0 aromatic rings. The van der Waals surface area contributed by atoms with Crippen LogP contribution in [0.25, 0.3) is 0 Å². The predicted octanol–water partition coefficient (Wildman–Crippen LogP) is 1.76. The van der Waals surface area contributed by atoms with E-state index in [9.17, 15) is 4.79 Å². The zero-order chi connectivity index (χ0) is 11.8. The van der Waals surface area contributed by atoms with Gasteiger partial charge in [0.05, 0.1) is 0 Å². The van der Waals surface area contributed by atoms with Gasteiger partial charge in [0, 0.05) is 24.5 Å². The Kier molecular flexibility index (Phi) is 3.24. The van der Waals surface area contributed by atoms with E-state index in [1.807, 2.05) is 0 Å². The molecule has 1 saturated carbocycles. The second-order valence-corrected chi connectivity index (χ2v) is 5.69. The summed E-state index contributed by atoms with van der Waals surface area (Å²) in [6.07, 6.45) is 5.51. The second-order valence-electron chi connectivity index (χ2n) is 5.69. The van der Waals surface area contributed by atoms with Crippen LogP contribution < -0.4 is 5.73 Å². The Morgan fingerprint density at radius 3 is 2.69 bits per heavy atom. The van der Waals surface area contributed by atoms with Crippen molar-refractivity contribution in [1.82, 2.24) is 4.90 Å². The van der Waals surface area contributed by atoms with Gasteiger partial charge in [0.25, 0.3) is 0 Å². The zero-order valence-electron chi connectivity index (χ0n) is 10.5. The third-order valence-corrected chi connectivity index (χ3v) is 4.29. The maximum atomic E-state index is 12.4. The van der Waals surface area contributed by atoms with Crippen molar-refractivity contribution in [3.8, 4) is 0 Å². The summed E-state index contributed by atoms with van der Waals surface area (Å²) in [4.78, 5) is 14.4. The van der Waals surface area contributed by atoms with Crippen molar-refractivity contribution in [2.75, 3.05) is 13.1 Å². The van der Waals surface area contributed by atoms with E-state index < -0.39 is 0 Å². The molecule has 2 N–H and O–H groups in total. The van der Waals surface area contributed by atoms with E-state index in [4.69, 9.17) is 5.73 Å². The van der Waals surface area contributed by atoms with Gasteiger partial charge in [0.15, 0.2) is 0 Å². The number of rotatable bonds is 4. The molecule has 2 aliphatic rings. The number of likely N-dealkylation sites (tertiary alicyclic amines) is 1. The van der Waals surface area contributed by atoms with Crippen LogP contribution in [0.15, 0.2) is 0 Å². The van der Waals surface area contributed by atoms with Crippen LogP contribution in [0.1, 0.15) is 46.0 Å². The maximum absolute atomic E-state index is 12.4. The lowest BCUT2D eigenvalue weighted by Crippen LogP contribution is -2.37. The first-order valence-electron chi connectivity index (χ1n) is 6.64. The van der Waals surface area contributed by atoms with Crippen LogP contribution in [0, 0.1) is 11.3 Å². The molecule has 0 bridgehead atoms. The summed E-state index contributed by atoms with van der Waals surface area (Å²) in [5.41, 5.74) is 5.95. The fraction of sp³-hybridized carbons (Fsp3) is 0.923. The summed E-state index contributed by atoms with van der Waals surface area (Å²) in [5, 5.41) is 0. The van der Waals surface area contributed by atoms with Crippen LogP contribution in [0.2, 0.25) is 0 Å². The highest BCUT2D eigenvalue weighted by Crippen LogP contribution is 2.51. The monoisotopic (exact) mass is 224 g/mol. The van der Waals surface area contributed by atoms with Crippen molar-refractivity contribution >= 4 is 5.91 Å². The van der Waals surface area contributed by atoms with Crippen LogP contribution in [0.5, 0.6) is 0 Å². The van der Waals surface area contributed by atoms with Crippen LogP contribution in [0.4, 0.5) is 0 Å². The second kappa shape index (κ2) is 4.36. The number of hydrogen-bond acceptors (Lipinski definition) is 2. The van der Waals surface area contributed by atoms with Crippen molar-refractivity contribution in [3.05, 3.63) is 0 Å². The highest BCUT2D eigenvalue weighted by molar-refractivity contribution is 5.85. The van der Waals surface area contributed by atoms with E-state index in [0.717, 1.165) is 45.2 Å². The lowest BCUT2D eigenvalue weighted by atomic mass is 9.98. The first-order valence-corrected chi connectivity index (χ1v) is 6.64. The summed E-state index contributed by atoms with van der Waals surface area (Å²) in [7, 11) is 0. The fourth-order valence-corrected chi connectivity index (χ4v) is 2.94. The van der Waals surface area contributed by atoms with Gasteiger partial charge < -0.3 is 10.6 Å². The summed E-state index contributed by atoms with van der Waals surface area (Å²) >= 11 is 0. The Bertz CT molecular complexity index is 271. The highest BCUT2D eigenvalue weighted by Gasteiger charge is 2.51. The molecule has 3 nitrogen and oxygen atoms in total. The lowest BCUT2D eigenvalue weighted by Gasteiger charge is -2.23. The van der Waals surface area contributed by atoms with E-state index in [2.05, 4.69) is 18.7 Å². The van der Waals surface area contributed by atoms with Crippen molar-refractivity contribution in [3.63, 3.8) is 0 Å². The summed E-state index contributed by atoms with van der Waals surface area (Å²) in [6.45, 7) is 6.04. The van der Waals surface area contributed by atoms with E-state index in [-0.39, 0.29) is 11.5 Å². The molecule has 0 aromatic carbocycles. The van der Waals surface area contributed by atoms with Gasteiger partial charge in [-0.25, -0.2) is 0 Å². The Morgan fingerprint density at radius 2 is 2.25 bits per heavy atom. The van der Waals surface area contributed by atoms with E-state index >= 15 is 0 Å². The van der Waals surface area contributed by atoms with Crippen molar-refractivity contribution in [2.45, 2.75) is 52.0 Å². The third kappa shape index (κ3) is 2.10. The largest absolute Gasteiger partial charge is 0.342 e. The molecule has 0 radical (unpaired) electrons. The number of hydrogen-bond donors (Lipinski definition) is 1. The molecule has 2 unspecified atom stereocenters. The molecule has 2 atom stereocenters. The molecular formula is C13H24N2O. The number of carbonyl (C=O) groups is 1. The molecule has 0 aromatic heterocycles. The van der Waals surface area contributed by atoms with Gasteiger partial charge >= 0.3 is 0 Å². The van der Waals surface area contributed by atoms with Crippen molar-refractivity contribution in [2.24, 2.45) is 17.1 Å². The minimum atomic E-state index is 0.0431. The SMILES string of the molecule is CCCC1(C(=O)N2CCC(C(C)N)C2)CC1. The molecule has 2 rings (SSSR count). The molecule has 2 fully saturated rings. The van der Waals surface area contributed by atoms with E-state index in [1.165, 1.54) is 0 Å². The van der Waals surface area contributed by atoms with Gasteiger partial charge in [0.2, 0.25) is 5.91 Å². The average Bonchev–Trinajstić information content (AvgIpc) is 2.86. The molecule has 1 saturated heterocycles. The Hall–Kier alpha value is -0.570. The van der Waals surface area contributed by atoms with Crippen LogP contribution in [0.3, 0.4) is 0 Å². The molecule has 1 amide bonds. The van der Waals surface area contributed by atoms with Crippen molar-refractivity contribution in [1.29, 1.82) is 0 Å². The molecule has 1 aliphatic heterocycles. The summed E-state index contributed by atoms with van der Waals surface area (Å²) < 4.78 is 0. The lowest BCUT2D eigenvalue weighted by molar-refractivity contribution is -0.136. The van der Waals surface area contributed by atoms with Gasteiger partial charge in [0.1, 0.15) is 0 Å². The van der Waals surface area contributed by atoms with Gasteiger partial charge in [-0.05, 0) is 38.5 Å². The normalized spacial score (nSPS) is 29.2. The first-order chi connectivity index (χ1) is 7.59. The average molecular weight is 224 g/mol. The zero-order valence-corrected chi connectivity index (χ0v) is 10.5. The highest BCUT2D eigenvalue weighted by atomic mass is 16.2. The van der Waals surface area contributed by atoms with Crippen molar-refractivity contribution < 1.29 is 4.79 Å². The maximum Gasteiger partial charge on any atom is 0.228 e. The van der Waals surface area contributed by atoms with Gasteiger partial charge in [-0.3, -0.25) is 4.79 Å².